The lowest BCUT2D eigenvalue weighted by molar-refractivity contribution is 0.209. The molecule has 1 heterocycles. The van der Waals surface area contributed by atoms with Crippen molar-refractivity contribution in [1.29, 1.82) is 0 Å². The molecule has 1 unspecified atom stereocenters. The first-order valence-corrected chi connectivity index (χ1v) is 9.61. The quantitative estimate of drug-likeness (QED) is 0.520. The molecule has 2 rings (SSSR count). The number of allylic oxidation sites excluding steroid dienone is 3. The largest absolute Gasteiger partial charge is 0.488 e. The zero-order valence-electron chi connectivity index (χ0n) is 15.9. The molecule has 0 radical (unpaired) electrons. The molecule has 0 saturated heterocycles. The summed E-state index contributed by atoms with van der Waals surface area (Å²) in [6.07, 6.45) is 12.7. The van der Waals surface area contributed by atoms with Crippen LogP contribution in [0, 0.1) is 11.3 Å². The van der Waals surface area contributed by atoms with E-state index in [1.54, 1.807) is 11.3 Å². The van der Waals surface area contributed by atoms with Crippen LogP contribution in [0.3, 0.4) is 0 Å². The summed E-state index contributed by atoms with van der Waals surface area (Å²) in [5.74, 6) is 1.62. The summed E-state index contributed by atoms with van der Waals surface area (Å²) in [7, 11) is 0. The van der Waals surface area contributed by atoms with E-state index in [4.69, 9.17) is 4.74 Å². The number of hydrogen-bond acceptors (Lipinski definition) is 2. The van der Waals surface area contributed by atoms with E-state index in [1.807, 2.05) is 26.0 Å². The van der Waals surface area contributed by atoms with Crippen molar-refractivity contribution < 1.29 is 4.74 Å². The molecule has 0 bridgehead atoms. The van der Waals surface area contributed by atoms with Crippen LogP contribution in [0.2, 0.25) is 0 Å². The van der Waals surface area contributed by atoms with Crippen molar-refractivity contribution in [3.8, 4) is 0 Å². The smallest absolute Gasteiger partial charge is 0.122 e. The summed E-state index contributed by atoms with van der Waals surface area (Å²) >= 11 is 1.72. The van der Waals surface area contributed by atoms with E-state index in [9.17, 15) is 0 Å². The first-order chi connectivity index (χ1) is 11.4. The van der Waals surface area contributed by atoms with Crippen LogP contribution < -0.4 is 0 Å². The number of rotatable bonds is 6. The minimum atomic E-state index is 0.375. The first kappa shape index (κ1) is 20.5. The third-order valence-electron chi connectivity index (χ3n) is 3.66. The topological polar surface area (TPSA) is 9.23 Å². The molecule has 1 atom stereocenters. The summed E-state index contributed by atoms with van der Waals surface area (Å²) in [5, 5.41) is 0. The fourth-order valence-corrected chi connectivity index (χ4v) is 3.64. The summed E-state index contributed by atoms with van der Waals surface area (Å²) in [5.41, 5.74) is 1.51. The van der Waals surface area contributed by atoms with E-state index >= 15 is 0 Å². The fourth-order valence-electron chi connectivity index (χ4n) is 2.71. The lowest BCUT2D eigenvalue weighted by Gasteiger charge is -2.25. The van der Waals surface area contributed by atoms with Gasteiger partial charge in [-0.2, -0.15) is 0 Å². The number of ether oxygens (including phenoxy) is 1. The van der Waals surface area contributed by atoms with Gasteiger partial charge in [0.05, 0.1) is 0 Å². The molecule has 0 saturated carbocycles. The lowest BCUT2D eigenvalue weighted by atomic mass is 9.82. The van der Waals surface area contributed by atoms with Crippen molar-refractivity contribution in [2.45, 2.75) is 54.1 Å². The highest BCUT2D eigenvalue weighted by atomic mass is 32.1. The Hall–Kier alpha value is -1.54. The van der Waals surface area contributed by atoms with Gasteiger partial charge in [-0.3, -0.25) is 0 Å². The van der Waals surface area contributed by atoms with Crippen molar-refractivity contribution in [3.63, 3.8) is 0 Å². The average Bonchev–Trinajstić information content (AvgIpc) is 2.97. The van der Waals surface area contributed by atoms with Crippen molar-refractivity contribution >= 4 is 23.5 Å². The molecule has 1 nitrogen and oxygen atoms in total. The lowest BCUT2D eigenvalue weighted by Crippen LogP contribution is -2.13. The van der Waals surface area contributed by atoms with Gasteiger partial charge in [-0.1, -0.05) is 66.0 Å². The van der Waals surface area contributed by atoms with Gasteiger partial charge in [-0.15, -0.1) is 11.3 Å². The van der Waals surface area contributed by atoms with Crippen LogP contribution in [-0.2, 0) is 11.3 Å². The van der Waals surface area contributed by atoms with Gasteiger partial charge >= 0.3 is 0 Å². The normalized spacial score (nSPS) is 16.7. The molecule has 0 spiro atoms. The molecule has 0 N–H and O–H groups in total. The number of hydrogen-bond donors (Lipinski definition) is 0. The molecule has 1 aliphatic carbocycles. The molecule has 0 fully saturated rings. The van der Waals surface area contributed by atoms with Crippen LogP contribution >= 0.6 is 11.3 Å². The molecule has 1 aromatic rings. The van der Waals surface area contributed by atoms with E-state index in [2.05, 4.69) is 58.2 Å². The van der Waals surface area contributed by atoms with Gasteiger partial charge in [-0.05, 0) is 48.0 Å². The Morgan fingerprint density at radius 1 is 1.25 bits per heavy atom. The van der Waals surface area contributed by atoms with Crippen molar-refractivity contribution in [3.05, 3.63) is 58.5 Å². The maximum atomic E-state index is 5.92. The van der Waals surface area contributed by atoms with Gasteiger partial charge in [0.25, 0.3) is 0 Å². The average molecular weight is 345 g/mol. The second-order valence-electron chi connectivity index (χ2n) is 6.96. The maximum Gasteiger partial charge on any atom is 0.122 e. The van der Waals surface area contributed by atoms with E-state index in [0.717, 1.165) is 22.6 Å². The van der Waals surface area contributed by atoms with Crippen LogP contribution in [0.4, 0.5) is 0 Å². The highest BCUT2D eigenvalue weighted by Crippen LogP contribution is 2.31. The van der Waals surface area contributed by atoms with Gasteiger partial charge in [0.2, 0.25) is 0 Å². The summed E-state index contributed by atoms with van der Waals surface area (Å²) in [4.78, 5) is 2.36. The Bertz CT molecular complexity index is 570. The Balaban J connectivity index is 0.00000139. The second-order valence-corrected chi connectivity index (χ2v) is 8.12. The van der Waals surface area contributed by atoms with Gasteiger partial charge in [0, 0.05) is 9.75 Å². The molecule has 1 aromatic heterocycles. The van der Waals surface area contributed by atoms with E-state index in [0.29, 0.717) is 17.9 Å². The zero-order chi connectivity index (χ0) is 18.2. The monoisotopic (exact) mass is 344 g/mol. The van der Waals surface area contributed by atoms with Crippen LogP contribution in [-0.4, -0.2) is 0 Å². The minimum Gasteiger partial charge on any atom is -0.488 e. The molecule has 0 aromatic carbocycles. The zero-order valence-corrected chi connectivity index (χ0v) is 16.7. The molecule has 24 heavy (non-hydrogen) atoms. The second kappa shape index (κ2) is 9.68. The Morgan fingerprint density at radius 3 is 2.42 bits per heavy atom. The van der Waals surface area contributed by atoms with E-state index in [-0.39, 0.29) is 0 Å². The van der Waals surface area contributed by atoms with Crippen molar-refractivity contribution in [2.75, 3.05) is 0 Å². The predicted octanol–water partition coefficient (Wildman–Crippen LogP) is 7.47. The van der Waals surface area contributed by atoms with E-state index in [1.165, 1.54) is 11.3 Å². The molecule has 132 valence electrons. The summed E-state index contributed by atoms with van der Waals surface area (Å²) in [6, 6.07) is 2.13. The SMILES string of the molecule is C=Cc1cc(COC2=CCC(CC(C)(C)C)C=C2)sc1C=C.CC. The van der Waals surface area contributed by atoms with Gasteiger partial charge in [0.15, 0.2) is 0 Å². The van der Waals surface area contributed by atoms with Crippen LogP contribution in [0.1, 0.15) is 62.8 Å². The Labute approximate surface area is 152 Å². The predicted molar refractivity (Wildman–Crippen MR) is 110 cm³/mol. The third kappa shape index (κ3) is 6.52. The molecular weight excluding hydrogens is 312 g/mol. The Morgan fingerprint density at radius 2 is 1.96 bits per heavy atom. The fraction of sp³-hybridized carbons (Fsp3) is 0.455. The maximum absolute atomic E-state index is 5.92. The van der Waals surface area contributed by atoms with Crippen LogP contribution in [0.15, 0.2) is 43.2 Å². The highest BCUT2D eigenvalue weighted by molar-refractivity contribution is 7.13. The van der Waals surface area contributed by atoms with Crippen LogP contribution in [0.5, 0.6) is 0 Å². The summed E-state index contributed by atoms with van der Waals surface area (Å²) in [6.45, 7) is 19.2. The van der Waals surface area contributed by atoms with Crippen molar-refractivity contribution in [1.82, 2.24) is 0 Å². The molecule has 0 aliphatic heterocycles. The molecule has 0 amide bonds. The first-order valence-electron chi connectivity index (χ1n) is 8.80. The number of thiophene rings is 1. The molecule has 2 heteroatoms. The Kier molecular flexibility index (Phi) is 8.27. The minimum absolute atomic E-state index is 0.375. The third-order valence-corrected chi connectivity index (χ3v) is 4.78. The van der Waals surface area contributed by atoms with E-state index < -0.39 is 0 Å². The van der Waals surface area contributed by atoms with Crippen LogP contribution in [0.25, 0.3) is 12.2 Å². The standard InChI is InChI=1S/C20H26OS.C2H6/c1-6-16-12-18(22-19(16)7-2)14-21-17-10-8-15(9-11-17)13-20(3,4)5;1-2/h6-8,10-12,15H,1-2,9,13-14H2,3-5H3;1-2H3. The van der Waals surface area contributed by atoms with Gasteiger partial charge in [-0.25, -0.2) is 0 Å². The highest BCUT2D eigenvalue weighted by Gasteiger charge is 2.18. The van der Waals surface area contributed by atoms with Crippen molar-refractivity contribution in [2.24, 2.45) is 11.3 Å². The molecule has 1 aliphatic rings. The summed E-state index contributed by atoms with van der Waals surface area (Å²) < 4.78 is 5.92. The molecular formula is C22H32OS. The van der Waals surface area contributed by atoms with Gasteiger partial charge in [0.1, 0.15) is 12.4 Å². The van der Waals surface area contributed by atoms with Gasteiger partial charge < -0.3 is 4.74 Å².